The molecule has 0 aliphatic heterocycles. The van der Waals surface area contributed by atoms with Crippen LogP contribution in [0.2, 0.25) is 0 Å². The highest BCUT2D eigenvalue weighted by molar-refractivity contribution is 7.18. The third-order valence-corrected chi connectivity index (χ3v) is 4.32. The second kappa shape index (κ2) is 3.92. The Bertz CT molecular complexity index is 624. The van der Waals surface area contributed by atoms with Crippen molar-refractivity contribution in [2.75, 3.05) is 0 Å². The molecule has 4 nitrogen and oxygen atoms in total. The molecule has 90 valence electrons. The quantitative estimate of drug-likeness (QED) is 0.873. The van der Waals surface area contributed by atoms with Crippen LogP contribution in [0.1, 0.15) is 29.1 Å². The van der Waals surface area contributed by atoms with Crippen molar-refractivity contribution in [3.63, 3.8) is 0 Å². The smallest absolute Gasteiger partial charge is 0.259 e. The van der Waals surface area contributed by atoms with Gasteiger partial charge in [0.1, 0.15) is 10.7 Å². The number of aromatic amines is 1. The lowest BCUT2D eigenvalue weighted by atomic mass is 10.2. The van der Waals surface area contributed by atoms with Crippen LogP contribution >= 0.6 is 11.3 Å². The van der Waals surface area contributed by atoms with Crippen molar-refractivity contribution >= 4 is 21.6 Å². The van der Waals surface area contributed by atoms with Gasteiger partial charge in [-0.2, -0.15) is 0 Å². The molecule has 0 saturated heterocycles. The summed E-state index contributed by atoms with van der Waals surface area (Å²) >= 11 is 1.60. The van der Waals surface area contributed by atoms with E-state index in [1.165, 1.54) is 17.7 Å². The van der Waals surface area contributed by atoms with Crippen molar-refractivity contribution in [2.45, 2.75) is 39.3 Å². The zero-order valence-electron chi connectivity index (χ0n) is 9.96. The van der Waals surface area contributed by atoms with Gasteiger partial charge in [0.15, 0.2) is 0 Å². The fraction of sp³-hybridized carbons (Fsp3) is 0.500. The van der Waals surface area contributed by atoms with Crippen LogP contribution in [0, 0.1) is 13.8 Å². The second-order valence-corrected chi connectivity index (χ2v) is 5.83. The Labute approximate surface area is 103 Å². The summed E-state index contributed by atoms with van der Waals surface area (Å²) in [4.78, 5) is 21.4. The molecule has 1 aliphatic carbocycles. The van der Waals surface area contributed by atoms with E-state index in [9.17, 15) is 4.79 Å². The number of nitrogens with zero attached hydrogens (tertiary/aromatic N) is 1. The van der Waals surface area contributed by atoms with Gasteiger partial charge in [-0.25, -0.2) is 4.98 Å². The SMILES string of the molecule is Cc1sc2nc(CNC3CC3)[nH]c(=O)c2c1C. The molecule has 0 spiro atoms. The summed E-state index contributed by atoms with van der Waals surface area (Å²) < 4.78 is 0. The van der Waals surface area contributed by atoms with E-state index in [-0.39, 0.29) is 5.56 Å². The first-order valence-corrected chi connectivity index (χ1v) is 6.69. The molecule has 0 aromatic carbocycles. The summed E-state index contributed by atoms with van der Waals surface area (Å²) in [5, 5.41) is 4.11. The first-order valence-electron chi connectivity index (χ1n) is 5.87. The second-order valence-electron chi connectivity index (χ2n) is 4.63. The van der Waals surface area contributed by atoms with Crippen LogP contribution in [0.4, 0.5) is 0 Å². The zero-order valence-corrected chi connectivity index (χ0v) is 10.8. The van der Waals surface area contributed by atoms with E-state index in [4.69, 9.17) is 0 Å². The van der Waals surface area contributed by atoms with E-state index in [0.29, 0.717) is 12.6 Å². The lowest BCUT2D eigenvalue weighted by molar-refractivity contribution is 0.659. The number of nitrogens with one attached hydrogen (secondary N) is 2. The average molecular weight is 249 g/mol. The Kier molecular flexibility index (Phi) is 2.52. The number of aryl methyl sites for hydroxylation is 2. The summed E-state index contributed by atoms with van der Waals surface area (Å²) in [6, 6.07) is 0.628. The van der Waals surface area contributed by atoms with Gasteiger partial charge in [0.25, 0.3) is 5.56 Å². The predicted molar refractivity (Wildman–Crippen MR) is 69.6 cm³/mol. The Morgan fingerprint density at radius 3 is 2.94 bits per heavy atom. The van der Waals surface area contributed by atoms with Crippen molar-refractivity contribution in [2.24, 2.45) is 0 Å². The Hall–Kier alpha value is -1.20. The van der Waals surface area contributed by atoms with Gasteiger partial charge in [0.2, 0.25) is 0 Å². The van der Waals surface area contributed by atoms with E-state index in [1.807, 2.05) is 13.8 Å². The largest absolute Gasteiger partial charge is 0.309 e. The van der Waals surface area contributed by atoms with Crippen molar-refractivity contribution in [3.8, 4) is 0 Å². The minimum absolute atomic E-state index is 0.00977. The monoisotopic (exact) mass is 249 g/mol. The normalized spacial score (nSPS) is 15.6. The van der Waals surface area contributed by atoms with Crippen LogP contribution in [-0.2, 0) is 6.54 Å². The highest BCUT2D eigenvalue weighted by Crippen LogP contribution is 2.25. The number of rotatable bonds is 3. The van der Waals surface area contributed by atoms with Gasteiger partial charge in [0, 0.05) is 10.9 Å². The van der Waals surface area contributed by atoms with Crippen molar-refractivity contribution in [1.82, 2.24) is 15.3 Å². The average Bonchev–Trinajstić information content (AvgIpc) is 3.04. The molecule has 1 saturated carbocycles. The Morgan fingerprint density at radius 1 is 1.47 bits per heavy atom. The maximum Gasteiger partial charge on any atom is 0.259 e. The highest BCUT2D eigenvalue weighted by atomic mass is 32.1. The van der Waals surface area contributed by atoms with Crippen LogP contribution in [0.5, 0.6) is 0 Å². The first kappa shape index (κ1) is 10.9. The molecule has 0 amide bonds. The number of thiophene rings is 1. The molecular weight excluding hydrogens is 234 g/mol. The Morgan fingerprint density at radius 2 is 2.24 bits per heavy atom. The van der Waals surface area contributed by atoms with Crippen LogP contribution in [0.15, 0.2) is 4.79 Å². The van der Waals surface area contributed by atoms with Gasteiger partial charge in [-0.3, -0.25) is 4.79 Å². The third-order valence-electron chi connectivity index (χ3n) is 3.22. The molecule has 3 rings (SSSR count). The van der Waals surface area contributed by atoms with E-state index in [0.717, 1.165) is 21.6 Å². The fourth-order valence-corrected chi connectivity index (χ4v) is 2.96. The summed E-state index contributed by atoms with van der Waals surface area (Å²) in [5.74, 6) is 0.746. The molecule has 0 bridgehead atoms. The van der Waals surface area contributed by atoms with Gasteiger partial charge in [-0.1, -0.05) is 0 Å². The predicted octanol–water partition coefficient (Wildman–Crippen LogP) is 1.85. The van der Waals surface area contributed by atoms with E-state index in [1.54, 1.807) is 11.3 Å². The van der Waals surface area contributed by atoms with Crippen molar-refractivity contribution < 1.29 is 0 Å². The van der Waals surface area contributed by atoms with Crippen LogP contribution in [-0.4, -0.2) is 16.0 Å². The molecule has 0 atom stereocenters. The van der Waals surface area contributed by atoms with Crippen LogP contribution < -0.4 is 10.9 Å². The van der Waals surface area contributed by atoms with E-state index < -0.39 is 0 Å². The first-order chi connectivity index (χ1) is 8.15. The maximum absolute atomic E-state index is 12.0. The lowest BCUT2D eigenvalue weighted by Gasteiger charge is -2.02. The summed E-state index contributed by atoms with van der Waals surface area (Å²) in [7, 11) is 0. The van der Waals surface area contributed by atoms with Gasteiger partial charge in [-0.15, -0.1) is 11.3 Å². The summed E-state index contributed by atoms with van der Waals surface area (Å²) in [6.07, 6.45) is 2.48. The van der Waals surface area contributed by atoms with Crippen LogP contribution in [0.25, 0.3) is 10.2 Å². The highest BCUT2D eigenvalue weighted by Gasteiger charge is 2.20. The maximum atomic E-state index is 12.0. The molecule has 2 aromatic rings. The number of hydrogen-bond acceptors (Lipinski definition) is 4. The third kappa shape index (κ3) is 2.00. The number of aromatic nitrogens is 2. The topological polar surface area (TPSA) is 57.8 Å². The molecule has 1 aliphatic rings. The van der Waals surface area contributed by atoms with Gasteiger partial charge >= 0.3 is 0 Å². The molecule has 17 heavy (non-hydrogen) atoms. The molecule has 0 unspecified atom stereocenters. The zero-order chi connectivity index (χ0) is 12.0. The van der Waals surface area contributed by atoms with Crippen molar-refractivity contribution in [3.05, 3.63) is 26.6 Å². The fourth-order valence-electron chi connectivity index (χ4n) is 1.91. The van der Waals surface area contributed by atoms with Gasteiger partial charge in [0.05, 0.1) is 11.9 Å². The van der Waals surface area contributed by atoms with Crippen molar-refractivity contribution in [1.29, 1.82) is 0 Å². The standard InChI is InChI=1S/C12H15N3OS/c1-6-7(2)17-12-10(6)11(16)14-9(15-12)5-13-8-3-4-8/h8,13H,3-5H2,1-2H3,(H,14,15,16). The van der Waals surface area contributed by atoms with E-state index in [2.05, 4.69) is 15.3 Å². The van der Waals surface area contributed by atoms with Crippen LogP contribution in [0.3, 0.4) is 0 Å². The van der Waals surface area contributed by atoms with E-state index >= 15 is 0 Å². The number of hydrogen-bond donors (Lipinski definition) is 2. The molecule has 1 fully saturated rings. The molecule has 2 aromatic heterocycles. The number of H-pyrrole nitrogens is 1. The number of fused-ring (bicyclic) bond motifs is 1. The molecule has 5 heteroatoms. The molecule has 2 heterocycles. The van der Waals surface area contributed by atoms with Gasteiger partial charge < -0.3 is 10.3 Å². The summed E-state index contributed by atoms with van der Waals surface area (Å²) in [5.41, 5.74) is 1.05. The lowest BCUT2D eigenvalue weighted by Crippen LogP contribution is -2.20. The molecule has 0 radical (unpaired) electrons. The Balaban J connectivity index is 2.01. The van der Waals surface area contributed by atoms with Gasteiger partial charge in [-0.05, 0) is 32.3 Å². The minimum atomic E-state index is -0.00977. The summed E-state index contributed by atoms with van der Waals surface area (Å²) in [6.45, 7) is 4.67. The molecule has 2 N–H and O–H groups in total. The minimum Gasteiger partial charge on any atom is -0.309 e. The molecular formula is C12H15N3OS.